The third-order valence-corrected chi connectivity index (χ3v) is 2.19. The van der Waals surface area contributed by atoms with Crippen LogP contribution in [0.3, 0.4) is 0 Å². The highest BCUT2D eigenvalue weighted by molar-refractivity contribution is 5.46. The second-order valence-corrected chi connectivity index (χ2v) is 3.06. The van der Waals surface area contributed by atoms with E-state index in [-0.39, 0.29) is 6.61 Å². The fourth-order valence-corrected chi connectivity index (χ4v) is 1.44. The van der Waals surface area contributed by atoms with Crippen LogP contribution in [-0.4, -0.2) is 26.4 Å². The lowest BCUT2D eigenvalue weighted by molar-refractivity contribution is 0.180. The van der Waals surface area contributed by atoms with Crippen molar-refractivity contribution in [3.05, 3.63) is 23.3 Å². The molecule has 0 aliphatic rings. The molecule has 0 atom stereocenters. The van der Waals surface area contributed by atoms with E-state index in [4.69, 9.17) is 14.2 Å². The van der Waals surface area contributed by atoms with Gasteiger partial charge in [-0.15, -0.1) is 0 Å². The van der Waals surface area contributed by atoms with Crippen LogP contribution >= 0.6 is 0 Å². The first-order chi connectivity index (χ1) is 7.26. The Hall–Kier alpha value is -1.26. The van der Waals surface area contributed by atoms with Gasteiger partial charge in [0, 0.05) is 18.7 Å². The molecular formula is C11H16O4. The molecule has 1 N–H and O–H groups in total. The monoisotopic (exact) mass is 212 g/mol. The van der Waals surface area contributed by atoms with Crippen molar-refractivity contribution >= 4 is 0 Å². The third kappa shape index (κ3) is 2.61. The molecule has 0 unspecified atom stereocenters. The summed E-state index contributed by atoms with van der Waals surface area (Å²) in [4.78, 5) is 0. The Kier molecular flexibility index (Phi) is 4.39. The zero-order chi connectivity index (χ0) is 11.3. The topological polar surface area (TPSA) is 47.9 Å². The molecule has 15 heavy (non-hydrogen) atoms. The summed E-state index contributed by atoms with van der Waals surface area (Å²) in [6.45, 7) is 0.343. The van der Waals surface area contributed by atoms with Gasteiger partial charge in [-0.05, 0) is 11.6 Å². The minimum atomic E-state index is -0.0775. The summed E-state index contributed by atoms with van der Waals surface area (Å²) < 4.78 is 15.3. The molecule has 0 aliphatic carbocycles. The second kappa shape index (κ2) is 5.58. The highest BCUT2D eigenvalue weighted by Crippen LogP contribution is 2.29. The maximum atomic E-state index is 9.24. The van der Waals surface area contributed by atoms with Gasteiger partial charge in [0.15, 0.2) is 0 Å². The van der Waals surface area contributed by atoms with Crippen LogP contribution in [0, 0.1) is 0 Å². The lowest BCUT2D eigenvalue weighted by Crippen LogP contribution is -2.01. The molecule has 4 heteroatoms. The van der Waals surface area contributed by atoms with Crippen molar-refractivity contribution in [2.45, 2.75) is 13.2 Å². The number of benzene rings is 1. The zero-order valence-electron chi connectivity index (χ0n) is 9.24. The van der Waals surface area contributed by atoms with Crippen molar-refractivity contribution in [2.75, 3.05) is 21.3 Å². The van der Waals surface area contributed by atoms with Gasteiger partial charge in [-0.25, -0.2) is 0 Å². The van der Waals surface area contributed by atoms with Gasteiger partial charge in [0.2, 0.25) is 0 Å². The van der Waals surface area contributed by atoms with E-state index in [9.17, 15) is 5.11 Å². The summed E-state index contributed by atoms with van der Waals surface area (Å²) in [5.74, 6) is 1.31. The maximum absolute atomic E-state index is 9.24. The lowest BCUT2D eigenvalue weighted by Gasteiger charge is -2.13. The van der Waals surface area contributed by atoms with Gasteiger partial charge in [-0.2, -0.15) is 0 Å². The number of aliphatic hydroxyl groups excluding tert-OH is 1. The molecule has 0 spiro atoms. The standard InChI is InChI=1S/C11H16O4/c1-13-7-8-4-9(14-2)5-11(15-3)10(8)6-12/h4-5,12H,6-7H2,1-3H3. The van der Waals surface area contributed by atoms with Crippen LogP contribution in [-0.2, 0) is 18.0 Å². The van der Waals surface area contributed by atoms with Crippen LogP contribution in [0.2, 0.25) is 0 Å². The van der Waals surface area contributed by atoms with Gasteiger partial charge in [-0.1, -0.05) is 0 Å². The Morgan fingerprint density at radius 2 is 1.87 bits per heavy atom. The van der Waals surface area contributed by atoms with Gasteiger partial charge in [-0.3, -0.25) is 0 Å². The molecule has 0 aromatic heterocycles. The Morgan fingerprint density at radius 3 is 2.33 bits per heavy atom. The molecular weight excluding hydrogens is 196 g/mol. The van der Waals surface area contributed by atoms with Crippen molar-refractivity contribution in [2.24, 2.45) is 0 Å². The van der Waals surface area contributed by atoms with Gasteiger partial charge in [0.05, 0.1) is 27.4 Å². The van der Waals surface area contributed by atoms with Gasteiger partial charge in [0.1, 0.15) is 11.5 Å². The number of rotatable bonds is 5. The SMILES string of the molecule is COCc1cc(OC)cc(OC)c1CO. The summed E-state index contributed by atoms with van der Waals surface area (Å²) in [5.41, 5.74) is 1.61. The minimum absolute atomic E-state index is 0.0775. The Balaban J connectivity index is 3.19. The first kappa shape index (κ1) is 11.8. The van der Waals surface area contributed by atoms with Crippen molar-refractivity contribution < 1.29 is 19.3 Å². The summed E-state index contributed by atoms with van der Waals surface area (Å²) in [6.07, 6.45) is 0. The predicted molar refractivity (Wildman–Crippen MR) is 56.2 cm³/mol. The molecule has 1 aromatic rings. The van der Waals surface area contributed by atoms with E-state index in [1.54, 1.807) is 27.4 Å². The van der Waals surface area contributed by atoms with Crippen molar-refractivity contribution in [1.29, 1.82) is 0 Å². The molecule has 1 rings (SSSR count). The fourth-order valence-electron chi connectivity index (χ4n) is 1.44. The molecule has 0 saturated carbocycles. The average Bonchev–Trinajstić information content (AvgIpc) is 2.28. The van der Waals surface area contributed by atoms with Gasteiger partial charge >= 0.3 is 0 Å². The van der Waals surface area contributed by atoms with E-state index >= 15 is 0 Å². The van der Waals surface area contributed by atoms with Crippen LogP contribution in [0.5, 0.6) is 11.5 Å². The van der Waals surface area contributed by atoms with E-state index in [1.165, 1.54) is 0 Å². The van der Waals surface area contributed by atoms with E-state index in [0.717, 1.165) is 11.1 Å². The maximum Gasteiger partial charge on any atom is 0.128 e. The average molecular weight is 212 g/mol. The van der Waals surface area contributed by atoms with E-state index in [2.05, 4.69) is 0 Å². The summed E-state index contributed by atoms with van der Waals surface area (Å²) in [6, 6.07) is 3.57. The predicted octanol–water partition coefficient (Wildman–Crippen LogP) is 1.34. The molecule has 0 amide bonds. The zero-order valence-corrected chi connectivity index (χ0v) is 9.24. The number of ether oxygens (including phenoxy) is 3. The number of methoxy groups -OCH3 is 3. The van der Waals surface area contributed by atoms with Crippen molar-refractivity contribution in [3.8, 4) is 11.5 Å². The molecule has 0 fully saturated rings. The van der Waals surface area contributed by atoms with E-state index in [0.29, 0.717) is 18.1 Å². The Morgan fingerprint density at radius 1 is 1.13 bits per heavy atom. The molecule has 84 valence electrons. The minimum Gasteiger partial charge on any atom is -0.497 e. The van der Waals surface area contributed by atoms with E-state index in [1.807, 2.05) is 6.07 Å². The first-order valence-corrected chi connectivity index (χ1v) is 4.60. The number of hydrogen-bond donors (Lipinski definition) is 1. The van der Waals surface area contributed by atoms with Crippen LogP contribution in [0.4, 0.5) is 0 Å². The number of hydrogen-bond acceptors (Lipinski definition) is 4. The molecule has 0 saturated heterocycles. The third-order valence-electron chi connectivity index (χ3n) is 2.19. The second-order valence-electron chi connectivity index (χ2n) is 3.06. The molecule has 0 radical (unpaired) electrons. The van der Waals surface area contributed by atoms with Crippen LogP contribution < -0.4 is 9.47 Å². The smallest absolute Gasteiger partial charge is 0.128 e. The Labute approximate surface area is 89.4 Å². The van der Waals surface area contributed by atoms with Gasteiger partial charge < -0.3 is 19.3 Å². The summed E-state index contributed by atoms with van der Waals surface area (Å²) in [7, 11) is 4.75. The van der Waals surface area contributed by atoms with Crippen molar-refractivity contribution in [3.63, 3.8) is 0 Å². The Bertz CT molecular complexity index is 323. The van der Waals surface area contributed by atoms with Crippen LogP contribution in [0.15, 0.2) is 12.1 Å². The molecule has 4 nitrogen and oxygen atoms in total. The summed E-state index contributed by atoms with van der Waals surface area (Å²) >= 11 is 0. The van der Waals surface area contributed by atoms with Crippen LogP contribution in [0.1, 0.15) is 11.1 Å². The molecule has 1 aromatic carbocycles. The van der Waals surface area contributed by atoms with Crippen molar-refractivity contribution in [1.82, 2.24) is 0 Å². The highest BCUT2D eigenvalue weighted by Gasteiger charge is 2.11. The lowest BCUT2D eigenvalue weighted by atomic mass is 10.1. The van der Waals surface area contributed by atoms with Gasteiger partial charge in [0.25, 0.3) is 0 Å². The largest absolute Gasteiger partial charge is 0.497 e. The first-order valence-electron chi connectivity index (χ1n) is 4.60. The molecule has 0 aliphatic heterocycles. The molecule has 0 bridgehead atoms. The summed E-state index contributed by atoms with van der Waals surface area (Å²) in [5, 5.41) is 9.24. The number of aliphatic hydroxyl groups is 1. The van der Waals surface area contributed by atoms with Crippen LogP contribution in [0.25, 0.3) is 0 Å². The normalized spacial score (nSPS) is 10.1. The molecule has 0 heterocycles. The highest BCUT2D eigenvalue weighted by atomic mass is 16.5. The fraction of sp³-hybridized carbons (Fsp3) is 0.455. The quantitative estimate of drug-likeness (QED) is 0.800. The van der Waals surface area contributed by atoms with E-state index < -0.39 is 0 Å².